The molecule has 4 rings (SSSR count). The maximum absolute atomic E-state index is 12.2. The van der Waals surface area contributed by atoms with Crippen molar-refractivity contribution >= 4 is 5.91 Å². The van der Waals surface area contributed by atoms with E-state index >= 15 is 0 Å². The van der Waals surface area contributed by atoms with Gasteiger partial charge in [-0.1, -0.05) is 18.2 Å². The second kappa shape index (κ2) is 6.64. The molecule has 2 aliphatic rings. The number of benzene rings is 1. The number of hydrogen-bond donors (Lipinski definition) is 1. The molecule has 0 unspecified atom stereocenters. The lowest BCUT2D eigenvalue weighted by atomic mass is 9.99. The molecule has 5 heteroatoms. The average Bonchev–Trinajstić information content (AvgIpc) is 3.28. The zero-order chi connectivity index (χ0) is 17.4. The van der Waals surface area contributed by atoms with Crippen molar-refractivity contribution in [1.29, 1.82) is 0 Å². The van der Waals surface area contributed by atoms with Gasteiger partial charge >= 0.3 is 0 Å². The number of imidazole rings is 1. The number of nitrogens with zero attached hydrogens (tertiary/aromatic N) is 3. The van der Waals surface area contributed by atoms with E-state index in [1.165, 1.54) is 36.0 Å². The third kappa shape index (κ3) is 3.09. The van der Waals surface area contributed by atoms with Crippen LogP contribution < -0.4 is 5.32 Å². The molecule has 1 aliphatic heterocycles. The van der Waals surface area contributed by atoms with Gasteiger partial charge in [0, 0.05) is 51.9 Å². The van der Waals surface area contributed by atoms with Crippen LogP contribution in [0.1, 0.15) is 41.4 Å². The van der Waals surface area contributed by atoms with E-state index in [-0.39, 0.29) is 17.9 Å². The van der Waals surface area contributed by atoms with Crippen molar-refractivity contribution < 1.29 is 4.79 Å². The summed E-state index contributed by atoms with van der Waals surface area (Å²) in [5, 5.41) is 3.57. The zero-order valence-electron chi connectivity index (χ0n) is 15.0. The summed E-state index contributed by atoms with van der Waals surface area (Å²) < 4.78 is 2.02. The van der Waals surface area contributed by atoms with E-state index in [0.717, 1.165) is 18.9 Å². The Bertz CT molecular complexity index is 782. The van der Waals surface area contributed by atoms with Gasteiger partial charge in [0.15, 0.2) is 0 Å². The molecule has 0 saturated carbocycles. The SMILES string of the molecule is CN1C(=O)C[C@@H](CNCc2ccc3c(c2)CCC3)[C@@H]1c1nccn1C. The standard InChI is InChI=1S/C20H26N4O/c1-23-9-8-22-20(23)19-17(11-18(25)24(19)2)13-21-12-14-6-7-15-4-3-5-16(15)10-14/h6-10,17,19,21H,3-5,11-13H2,1-2H3/t17-,19+/m0/s1. The number of hydrogen-bond acceptors (Lipinski definition) is 3. The van der Waals surface area contributed by atoms with Gasteiger partial charge in [0.25, 0.3) is 0 Å². The molecule has 1 N–H and O–H groups in total. The highest BCUT2D eigenvalue weighted by Crippen LogP contribution is 2.35. The van der Waals surface area contributed by atoms with Gasteiger partial charge in [-0.05, 0) is 36.0 Å². The minimum atomic E-state index is 0.0556. The van der Waals surface area contributed by atoms with Crippen LogP contribution in [-0.2, 0) is 31.2 Å². The number of aryl methyl sites for hydroxylation is 3. The van der Waals surface area contributed by atoms with Crippen molar-refractivity contribution in [2.24, 2.45) is 13.0 Å². The number of rotatable bonds is 5. The minimum Gasteiger partial charge on any atom is -0.336 e. The second-order valence-corrected chi connectivity index (χ2v) is 7.40. The molecule has 2 heterocycles. The normalized spacial score (nSPS) is 22.6. The summed E-state index contributed by atoms with van der Waals surface area (Å²) in [4.78, 5) is 18.6. The molecule has 0 spiro atoms. The lowest BCUT2D eigenvalue weighted by Crippen LogP contribution is -2.30. The zero-order valence-corrected chi connectivity index (χ0v) is 15.0. The van der Waals surface area contributed by atoms with Gasteiger partial charge in [-0.2, -0.15) is 0 Å². The van der Waals surface area contributed by atoms with Crippen LogP contribution in [0.2, 0.25) is 0 Å². The molecule has 0 radical (unpaired) electrons. The Kier molecular flexibility index (Phi) is 4.34. The van der Waals surface area contributed by atoms with Crippen molar-refractivity contribution in [2.75, 3.05) is 13.6 Å². The van der Waals surface area contributed by atoms with Crippen LogP contribution >= 0.6 is 0 Å². The molecule has 1 aromatic heterocycles. The van der Waals surface area contributed by atoms with E-state index in [1.807, 2.05) is 29.8 Å². The predicted octanol–water partition coefficient (Wildman–Crippen LogP) is 2.22. The van der Waals surface area contributed by atoms with Crippen LogP contribution in [0.25, 0.3) is 0 Å². The van der Waals surface area contributed by atoms with Crippen LogP contribution in [0.15, 0.2) is 30.6 Å². The second-order valence-electron chi connectivity index (χ2n) is 7.40. The van der Waals surface area contributed by atoms with Gasteiger partial charge in [-0.15, -0.1) is 0 Å². The fraction of sp³-hybridized carbons (Fsp3) is 0.500. The van der Waals surface area contributed by atoms with Crippen molar-refractivity contribution in [3.05, 3.63) is 53.1 Å². The Labute approximate surface area is 149 Å². The molecule has 5 nitrogen and oxygen atoms in total. The maximum atomic E-state index is 12.2. The third-order valence-corrected chi connectivity index (χ3v) is 5.72. The average molecular weight is 338 g/mol. The van der Waals surface area contributed by atoms with Crippen LogP contribution in [0.3, 0.4) is 0 Å². The maximum Gasteiger partial charge on any atom is 0.223 e. The monoisotopic (exact) mass is 338 g/mol. The Morgan fingerprint density at radius 3 is 2.88 bits per heavy atom. The highest BCUT2D eigenvalue weighted by Gasteiger charge is 2.40. The fourth-order valence-electron chi connectivity index (χ4n) is 4.32. The van der Waals surface area contributed by atoms with Gasteiger partial charge in [0.1, 0.15) is 5.82 Å². The van der Waals surface area contributed by atoms with Gasteiger partial charge in [0.05, 0.1) is 6.04 Å². The number of fused-ring (bicyclic) bond motifs is 1. The quantitative estimate of drug-likeness (QED) is 0.909. The minimum absolute atomic E-state index is 0.0556. The first kappa shape index (κ1) is 16.3. The van der Waals surface area contributed by atoms with Crippen molar-refractivity contribution in [3.8, 4) is 0 Å². The summed E-state index contributed by atoms with van der Waals surface area (Å²) >= 11 is 0. The van der Waals surface area contributed by atoms with Gasteiger partial charge in [-0.3, -0.25) is 4.79 Å². The van der Waals surface area contributed by atoms with Crippen molar-refractivity contribution in [1.82, 2.24) is 19.8 Å². The molecular formula is C20H26N4O. The Balaban J connectivity index is 1.41. The molecule has 132 valence electrons. The molecular weight excluding hydrogens is 312 g/mol. The van der Waals surface area contributed by atoms with E-state index in [0.29, 0.717) is 6.42 Å². The first-order chi connectivity index (χ1) is 12.1. The van der Waals surface area contributed by atoms with Gasteiger partial charge in [-0.25, -0.2) is 4.98 Å². The first-order valence-electron chi connectivity index (χ1n) is 9.18. The number of likely N-dealkylation sites (tertiary alicyclic amines) is 1. The largest absolute Gasteiger partial charge is 0.336 e. The topological polar surface area (TPSA) is 50.2 Å². The van der Waals surface area contributed by atoms with E-state index < -0.39 is 0 Å². The number of carbonyl (C=O) groups excluding carboxylic acids is 1. The van der Waals surface area contributed by atoms with Crippen molar-refractivity contribution in [3.63, 3.8) is 0 Å². The summed E-state index contributed by atoms with van der Waals surface area (Å²) in [6, 6.07) is 6.92. The summed E-state index contributed by atoms with van der Waals surface area (Å²) in [6.07, 6.45) is 8.07. The smallest absolute Gasteiger partial charge is 0.223 e. The fourth-order valence-corrected chi connectivity index (χ4v) is 4.32. The molecule has 25 heavy (non-hydrogen) atoms. The Morgan fingerprint density at radius 1 is 1.24 bits per heavy atom. The number of amides is 1. The molecule has 1 saturated heterocycles. The van der Waals surface area contributed by atoms with Crippen LogP contribution in [0.4, 0.5) is 0 Å². The highest BCUT2D eigenvalue weighted by molar-refractivity contribution is 5.79. The van der Waals surface area contributed by atoms with Gasteiger partial charge < -0.3 is 14.8 Å². The molecule has 2 atom stereocenters. The lowest BCUT2D eigenvalue weighted by Gasteiger charge is -2.24. The third-order valence-electron chi connectivity index (χ3n) is 5.72. The van der Waals surface area contributed by atoms with Gasteiger partial charge in [0.2, 0.25) is 5.91 Å². The predicted molar refractivity (Wildman–Crippen MR) is 97.0 cm³/mol. The van der Waals surface area contributed by atoms with Crippen LogP contribution in [0, 0.1) is 5.92 Å². The molecule has 0 bridgehead atoms. The molecule has 1 amide bonds. The van der Waals surface area contributed by atoms with E-state index in [4.69, 9.17) is 0 Å². The first-order valence-corrected chi connectivity index (χ1v) is 9.18. The summed E-state index contributed by atoms with van der Waals surface area (Å²) in [5.41, 5.74) is 4.37. The molecule has 1 aromatic carbocycles. The van der Waals surface area contributed by atoms with Crippen molar-refractivity contribution in [2.45, 2.75) is 38.3 Å². The summed E-state index contributed by atoms with van der Waals surface area (Å²) in [6.45, 7) is 1.68. The molecule has 2 aromatic rings. The molecule has 1 fully saturated rings. The van der Waals surface area contributed by atoms with E-state index in [1.54, 1.807) is 6.20 Å². The number of nitrogens with one attached hydrogen (secondary N) is 1. The summed E-state index contributed by atoms with van der Waals surface area (Å²) in [5.74, 6) is 1.43. The Morgan fingerprint density at radius 2 is 2.08 bits per heavy atom. The van der Waals surface area contributed by atoms with Crippen LogP contribution in [0.5, 0.6) is 0 Å². The number of aromatic nitrogens is 2. The van der Waals surface area contributed by atoms with E-state index in [2.05, 4.69) is 28.5 Å². The number of carbonyl (C=O) groups is 1. The molecule has 1 aliphatic carbocycles. The highest BCUT2D eigenvalue weighted by atomic mass is 16.2. The van der Waals surface area contributed by atoms with E-state index in [9.17, 15) is 4.79 Å². The summed E-state index contributed by atoms with van der Waals surface area (Å²) in [7, 11) is 3.89. The van der Waals surface area contributed by atoms with Crippen LogP contribution in [-0.4, -0.2) is 34.0 Å². The lowest BCUT2D eigenvalue weighted by molar-refractivity contribution is -0.127. The Hall–Kier alpha value is -2.14.